The van der Waals surface area contributed by atoms with Gasteiger partial charge in [-0.1, -0.05) is 158 Å². The second kappa shape index (κ2) is 12.7. The van der Waals surface area contributed by atoms with Crippen molar-refractivity contribution in [3.05, 3.63) is 206 Å². The minimum Gasteiger partial charge on any atom is -0.456 e. The smallest absolute Gasteiger partial charge is 0.136 e. The summed E-state index contributed by atoms with van der Waals surface area (Å²) in [6.45, 7) is 0. The maximum Gasteiger partial charge on any atom is 0.136 e. The Morgan fingerprint density at radius 2 is 0.468 bits per heavy atom. The minimum atomic E-state index is 0.899. The molecule has 62 heavy (non-hydrogen) atoms. The van der Waals surface area contributed by atoms with Crippen molar-refractivity contribution in [2.75, 3.05) is 0 Å². The lowest BCUT2D eigenvalue weighted by Gasteiger charge is -2.22. The van der Waals surface area contributed by atoms with E-state index in [1.54, 1.807) is 0 Å². The Morgan fingerprint density at radius 3 is 0.806 bits per heavy atom. The molecule has 0 bridgehead atoms. The van der Waals surface area contributed by atoms with E-state index in [4.69, 9.17) is 8.83 Å². The average Bonchev–Trinajstić information content (AvgIpc) is 3.87. The van der Waals surface area contributed by atoms with E-state index >= 15 is 0 Å². The molecule has 0 fully saturated rings. The first-order valence-corrected chi connectivity index (χ1v) is 21.3. The van der Waals surface area contributed by atoms with Gasteiger partial charge < -0.3 is 8.83 Å². The van der Waals surface area contributed by atoms with E-state index in [0.717, 1.165) is 43.9 Å². The summed E-state index contributed by atoms with van der Waals surface area (Å²) in [5, 5.41) is 19.1. The molecule has 12 aromatic carbocycles. The molecule has 0 aliphatic heterocycles. The Hall–Kier alpha value is -8.20. The second-order valence-corrected chi connectivity index (χ2v) is 16.7. The zero-order valence-corrected chi connectivity index (χ0v) is 33.4. The van der Waals surface area contributed by atoms with Crippen LogP contribution in [0.3, 0.4) is 0 Å². The number of hydrogen-bond donors (Lipinski definition) is 0. The summed E-state index contributed by atoms with van der Waals surface area (Å²) in [5.41, 5.74) is 10.9. The van der Waals surface area contributed by atoms with Gasteiger partial charge in [0.1, 0.15) is 22.3 Å². The summed E-state index contributed by atoms with van der Waals surface area (Å²) in [6, 6.07) is 75.3. The van der Waals surface area contributed by atoms with Crippen LogP contribution in [-0.2, 0) is 0 Å². The van der Waals surface area contributed by atoms with Crippen LogP contribution >= 0.6 is 0 Å². The maximum atomic E-state index is 6.47. The van der Waals surface area contributed by atoms with Gasteiger partial charge in [0.15, 0.2) is 0 Å². The van der Waals surface area contributed by atoms with Crippen molar-refractivity contribution >= 4 is 109 Å². The summed E-state index contributed by atoms with van der Waals surface area (Å²) in [6.07, 6.45) is 0. The van der Waals surface area contributed by atoms with E-state index in [1.807, 2.05) is 0 Å². The fourth-order valence-corrected chi connectivity index (χ4v) is 10.7. The van der Waals surface area contributed by atoms with Crippen LogP contribution in [0, 0.1) is 0 Å². The van der Waals surface area contributed by atoms with E-state index < -0.39 is 0 Å². The van der Waals surface area contributed by atoms with Crippen LogP contribution in [0.2, 0.25) is 0 Å². The van der Waals surface area contributed by atoms with Crippen LogP contribution in [0.15, 0.2) is 215 Å². The third kappa shape index (κ3) is 4.75. The van der Waals surface area contributed by atoms with Crippen LogP contribution in [0.25, 0.3) is 142 Å². The van der Waals surface area contributed by atoms with Gasteiger partial charge in [-0.2, -0.15) is 0 Å². The van der Waals surface area contributed by atoms with Crippen molar-refractivity contribution in [1.82, 2.24) is 0 Å². The van der Waals surface area contributed by atoms with Gasteiger partial charge in [0.25, 0.3) is 0 Å². The molecule has 0 atom stereocenters. The van der Waals surface area contributed by atoms with Crippen LogP contribution in [0.4, 0.5) is 0 Å². The van der Waals surface area contributed by atoms with Crippen LogP contribution in [0.5, 0.6) is 0 Å². The SMILES string of the molecule is c1ccc2cc3c(cc2c1)oc1ccc(-c2c4ccccc4c(-c4c5ccccc5c(-c5ccc6oc7cc8ccccc8cc7c6c5)c5ccccc45)c4ccccc24)cc13. The molecule has 0 saturated carbocycles. The van der Waals surface area contributed by atoms with Gasteiger partial charge in [-0.15, -0.1) is 0 Å². The molecule has 2 heteroatoms. The number of furan rings is 2. The normalized spacial score (nSPS) is 12.2. The van der Waals surface area contributed by atoms with Crippen molar-refractivity contribution in [2.24, 2.45) is 0 Å². The van der Waals surface area contributed by atoms with Gasteiger partial charge in [-0.3, -0.25) is 0 Å². The standard InChI is InChI=1S/C60H34O2/c1-3-15-37-33-55-51(29-35(37)13-1)49-31-39(25-27-53(49)61-55)57-41-17-5-9-21-45(41)59(46-22-10-6-18-42(46)57)60-47-23-11-7-19-43(47)58(44-20-8-12-24-48(44)60)40-26-28-54-50(32-40)52-30-36-14-2-4-16-38(36)34-56(52)62-54/h1-34H. The van der Waals surface area contributed by atoms with Gasteiger partial charge in [-0.25, -0.2) is 0 Å². The van der Waals surface area contributed by atoms with E-state index in [9.17, 15) is 0 Å². The molecule has 0 radical (unpaired) electrons. The summed E-state index contributed by atoms with van der Waals surface area (Å²) < 4.78 is 12.9. The van der Waals surface area contributed by atoms with Crippen molar-refractivity contribution in [3.63, 3.8) is 0 Å². The number of hydrogen-bond acceptors (Lipinski definition) is 2. The highest BCUT2D eigenvalue weighted by Crippen LogP contribution is 2.51. The summed E-state index contributed by atoms with van der Waals surface area (Å²) in [7, 11) is 0. The van der Waals surface area contributed by atoms with Crippen molar-refractivity contribution in [3.8, 4) is 33.4 Å². The molecule has 2 nitrogen and oxygen atoms in total. The lowest BCUT2D eigenvalue weighted by molar-refractivity contribution is 0.669. The predicted molar refractivity (Wildman–Crippen MR) is 262 cm³/mol. The molecule has 0 spiro atoms. The summed E-state index contributed by atoms with van der Waals surface area (Å²) in [5.74, 6) is 0. The second-order valence-electron chi connectivity index (χ2n) is 16.7. The Bertz CT molecular complexity index is 3830. The van der Waals surface area contributed by atoms with E-state index in [1.165, 1.54) is 98.0 Å². The minimum absolute atomic E-state index is 0.899. The maximum absolute atomic E-state index is 6.47. The lowest BCUT2D eigenvalue weighted by Crippen LogP contribution is -1.94. The van der Waals surface area contributed by atoms with Crippen molar-refractivity contribution in [2.45, 2.75) is 0 Å². The zero-order valence-electron chi connectivity index (χ0n) is 33.4. The predicted octanol–water partition coefficient (Wildman–Crippen LogP) is 17.4. The molecule has 2 aromatic heterocycles. The largest absolute Gasteiger partial charge is 0.456 e. The Balaban J connectivity index is 1.04. The average molecular weight is 787 g/mol. The third-order valence-electron chi connectivity index (χ3n) is 13.4. The summed E-state index contributed by atoms with van der Waals surface area (Å²) in [4.78, 5) is 0. The molecule has 0 aliphatic rings. The molecule has 14 rings (SSSR count). The van der Waals surface area contributed by atoms with E-state index in [0.29, 0.717) is 0 Å². The lowest BCUT2D eigenvalue weighted by atomic mass is 9.81. The molecule has 14 aromatic rings. The number of fused-ring (bicyclic) bond motifs is 12. The Labute approximate surface area is 355 Å². The number of rotatable bonds is 3. The van der Waals surface area contributed by atoms with Crippen LogP contribution < -0.4 is 0 Å². The quantitative estimate of drug-likeness (QED) is 0.167. The van der Waals surface area contributed by atoms with Gasteiger partial charge in [0, 0.05) is 21.5 Å². The fraction of sp³-hybridized carbons (Fsp3) is 0. The third-order valence-corrected chi connectivity index (χ3v) is 13.4. The molecular weight excluding hydrogens is 753 g/mol. The molecule has 0 aliphatic carbocycles. The molecule has 0 saturated heterocycles. The van der Waals surface area contributed by atoms with Crippen molar-refractivity contribution in [1.29, 1.82) is 0 Å². The van der Waals surface area contributed by atoms with Crippen LogP contribution in [-0.4, -0.2) is 0 Å². The van der Waals surface area contributed by atoms with Gasteiger partial charge in [0.05, 0.1) is 0 Å². The van der Waals surface area contributed by atoms with E-state index in [-0.39, 0.29) is 0 Å². The monoisotopic (exact) mass is 786 g/mol. The zero-order chi connectivity index (χ0) is 40.5. The molecule has 0 amide bonds. The first kappa shape index (κ1) is 33.6. The van der Waals surface area contributed by atoms with Crippen molar-refractivity contribution < 1.29 is 8.83 Å². The highest BCUT2D eigenvalue weighted by Gasteiger charge is 2.23. The molecule has 0 N–H and O–H groups in total. The Kier molecular flexibility index (Phi) is 6.86. The topological polar surface area (TPSA) is 26.3 Å². The van der Waals surface area contributed by atoms with Gasteiger partial charge in [0.2, 0.25) is 0 Å². The molecular formula is C60H34O2. The van der Waals surface area contributed by atoms with Gasteiger partial charge in [-0.05, 0) is 147 Å². The highest BCUT2D eigenvalue weighted by atomic mass is 16.3. The first-order chi connectivity index (χ1) is 30.7. The molecule has 2 heterocycles. The van der Waals surface area contributed by atoms with E-state index in [2.05, 4.69) is 206 Å². The fourth-order valence-electron chi connectivity index (χ4n) is 10.7. The van der Waals surface area contributed by atoms with Gasteiger partial charge >= 0.3 is 0 Å². The molecule has 286 valence electrons. The highest BCUT2D eigenvalue weighted by molar-refractivity contribution is 6.30. The Morgan fingerprint density at radius 1 is 0.194 bits per heavy atom. The number of benzene rings is 12. The molecule has 0 unspecified atom stereocenters. The first-order valence-electron chi connectivity index (χ1n) is 21.3. The van der Waals surface area contributed by atoms with Crippen LogP contribution in [0.1, 0.15) is 0 Å². The summed E-state index contributed by atoms with van der Waals surface area (Å²) >= 11 is 0.